The van der Waals surface area contributed by atoms with Gasteiger partial charge in [0.1, 0.15) is 0 Å². The van der Waals surface area contributed by atoms with E-state index in [0.29, 0.717) is 6.42 Å². The molecule has 62 valence electrons. The lowest BCUT2D eigenvalue weighted by Crippen LogP contribution is -1.89. The first-order valence-corrected chi connectivity index (χ1v) is 4.30. The van der Waals surface area contributed by atoms with Crippen LogP contribution in [0.5, 0.6) is 0 Å². The van der Waals surface area contributed by atoms with Crippen molar-refractivity contribution in [3.8, 4) is 0 Å². The van der Waals surface area contributed by atoms with Crippen LogP contribution in [0.1, 0.15) is 11.1 Å². The fraction of sp³-hybridized carbons (Fsp3) is 0.111. The molecular weight excluding hydrogens is 226 g/mol. The highest BCUT2D eigenvalue weighted by molar-refractivity contribution is 9.11. The average Bonchev–Trinajstić information content (AvgIpc) is 2.30. The number of hydrogen-bond acceptors (Lipinski definition) is 0. The van der Waals surface area contributed by atoms with Gasteiger partial charge in [0.25, 0.3) is 0 Å². The standard InChI is InChI=1S/C9H5BrF2/c10-7-1-5-3-8(11)9(12)4-6(5)2-7/h1,3-4H,2H2. The molecule has 1 aromatic rings. The molecule has 0 N–H and O–H groups in total. The average molecular weight is 231 g/mol. The fourth-order valence-electron chi connectivity index (χ4n) is 1.29. The zero-order valence-electron chi connectivity index (χ0n) is 6.07. The topological polar surface area (TPSA) is 0 Å². The van der Waals surface area contributed by atoms with E-state index in [1.807, 2.05) is 0 Å². The zero-order chi connectivity index (χ0) is 8.72. The summed E-state index contributed by atoms with van der Waals surface area (Å²) in [6, 6.07) is 2.47. The minimum atomic E-state index is -0.785. The van der Waals surface area contributed by atoms with Crippen LogP contribution in [0, 0.1) is 11.6 Å². The van der Waals surface area contributed by atoms with Crippen molar-refractivity contribution in [1.29, 1.82) is 0 Å². The molecule has 0 aliphatic heterocycles. The Balaban J connectivity index is 2.57. The van der Waals surface area contributed by atoms with Crippen LogP contribution in [0.15, 0.2) is 16.6 Å². The number of halogens is 3. The Morgan fingerprint density at radius 3 is 2.58 bits per heavy atom. The Hall–Kier alpha value is -0.700. The van der Waals surface area contributed by atoms with E-state index in [4.69, 9.17) is 0 Å². The highest BCUT2D eigenvalue weighted by Gasteiger charge is 2.14. The summed E-state index contributed by atoms with van der Waals surface area (Å²) < 4.78 is 26.3. The first-order valence-electron chi connectivity index (χ1n) is 3.51. The van der Waals surface area contributed by atoms with E-state index in [9.17, 15) is 8.78 Å². The number of allylic oxidation sites excluding steroid dienone is 1. The molecule has 3 heteroatoms. The van der Waals surface area contributed by atoms with Gasteiger partial charge in [0.15, 0.2) is 11.6 Å². The van der Waals surface area contributed by atoms with Gasteiger partial charge in [0, 0.05) is 10.9 Å². The summed E-state index contributed by atoms with van der Waals surface area (Å²) in [5.41, 5.74) is 1.60. The second-order valence-corrected chi connectivity index (χ2v) is 3.75. The molecule has 0 heterocycles. The summed E-state index contributed by atoms with van der Waals surface area (Å²) in [6.07, 6.45) is 2.46. The molecule has 0 fully saturated rings. The van der Waals surface area contributed by atoms with Crippen LogP contribution in [0.25, 0.3) is 6.08 Å². The van der Waals surface area contributed by atoms with Crippen molar-refractivity contribution in [2.75, 3.05) is 0 Å². The van der Waals surface area contributed by atoms with Crippen LogP contribution in [-0.4, -0.2) is 0 Å². The van der Waals surface area contributed by atoms with Gasteiger partial charge in [-0.3, -0.25) is 0 Å². The van der Waals surface area contributed by atoms with E-state index in [1.165, 1.54) is 12.1 Å². The normalized spacial score (nSPS) is 14.4. The van der Waals surface area contributed by atoms with Crippen molar-refractivity contribution in [1.82, 2.24) is 0 Å². The van der Waals surface area contributed by atoms with Gasteiger partial charge >= 0.3 is 0 Å². The van der Waals surface area contributed by atoms with Gasteiger partial charge in [-0.2, -0.15) is 0 Å². The predicted molar refractivity (Wildman–Crippen MR) is 47.0 cm³/mol. The van der Waals surface area contributed by atoms with Crippen LogP contribution in [-0.2, 0) is 6.42 Å². The molecule has 1 aliphatic carbocycles. The summed E-state index contributed by atoms with van der Waals surface area (Å²) in [5.74, 6) is -1.56. The largest absolute Gasteiger partial charge is 0.204 e. The summed E-state index contributed by atoms with van der Waals surface area (Å²) in [7, 11) is 0. The second kappa shape index (κ2) is 2.66. The molecule has 0 saturated heterocycles. The van der Waals surface area contributed by atoms with Crippen molar-refractivity contribution in [2.45, 2.75) is 6.42 Å². The molecule has 0 radical (unpaired) electrons. The van der Waals surface area contributed by atoms with Crippen molar-refractivity contribution in [3.05, 3.63) is 39.4 Å². The lowest BCUT2D eigenvalue weighted by molar-refractivity contribution is 0.507. The Labute approximate surface area is 77.0 Å². The lowest BCUT2D eigenvalue weighted by Gasteiger charge is -1.98. The Morgan fingerprint density at radius 2 is 1.83 bits per heavy atom. The molecule has 0 unspecified atom stereocenters. The van der Waals surface area contributed by atoms with Gasteiger partial charge in [-0.25, -0.2) is 8.78 Å². The molecule has 0 nitrogen and oxygen atoms in total. The Kier molecular flexibility index (Phi) is 1.76. The molecule has 2 rings (SSSR count). The van der Waals surface area contributed by atoms with Crippen LogP contribution in [0.3, 0.4) is 0 Å². The number of hydrogen-bond donors (Lipinski definition) is 0. The monoisotopic (exact) mass is 230 g/mol. The third-order valence-electron chi connectivity index (χ3n) is 1.85. The van der Waals surface area contributed by atoms with Crippen LogP contribution in [0.2, 0.25) is 0 Å². The molecule has 1 aliphatic rings. The smallest absolute Gasteiger partial charge is 0.159 e. The van der Waals surface area contributed by atoms with Crippen molar-refractivity contribution in [3.63, 3.8) is 0 Å². The van der Waals surface area contributed by atoms with Gasteiger partial charge in [-0.1, -0.05) is 15.9 Å². The summed E-state index contributed by atoms with van der Waals surface area (Å²) in [6.45, 7) is 0. The molecule has 0 spiro atoms. The minimum absolute atomic E-state index is 0.659. The number of fused-ring (bicyclic) bond motifs is 1. The van der Waals surface area contributed by atoms with Crippen molar-refractivity contribution in [2.24, 2.45) is 0 Å². The zero-order valence-corrected chi connectivity index (χ0v) is 7.66. The van der Waals surface area contributed by atoms with Crippen LogP contribution >= 0.6 is 15.9 Å². The van der Waals surface area contributed by atoms with Gasteiger partial charge in [-0.05, 0) is 29.3 Å². The lowest BCUT2D eigenvalue weighted by atomic mass is 10.1. The summed E-state index contributed by atoms with van der Waals surface area (Å²) in [4.78, 5) is 0. The summed E-state index contributed by atoms with van der Waals surface area (Å²) in [5, 5.41) is 0. The first kappa shape index (κ1) is 7.92. The van der Waals surface area contributed by atoms with E-state index in [0.717, 1.165) is 15.6 Å². The second-order valence-electron chi connectivity index (χ2n) is 2.73. The van der Waals surface area contributed by atoms with Gasteiger partial charge in [0.2, 0.25) is 0 Å². The van der Waals surface area contributed by atoms with Gasteiger partial charge in [-0.15, -0.1) is 0 Å². The van der Waals surface area contributed by atoms with Gasteiger partial charge < -0.3 is 0 Å². The van der Waals surface area contributed by atoms with Crippen molar-refractivity contribution >= 4 is 22.0 Å². The summed E-state index contributed by atoms with van der Waals surface area (Å²) >= 11 is 3.28. The Bertz CT molecular complexity index is 369. The third kappa shape index (κ3) is 1.18. The minimum Gasteiger partial charge on any atom is -0.204 e. The maximum atomic E-state index is 12.7. The van der Waals surface area contributed by atoms with Gasteiger partial charge in [0.05, 0.1) is 0 Å². The molecule has 0 saturated carbocycles. The van der Waals surface area contributed by atoms with E-state index >= 15 is 0 Å². The SMILES string of the molecule is Fc1cc2c(cc1F)CC(Br)=C2. The van der Waals surface area contributed by atoms with E-state index in [-0.39, 0.29) is 0 Å². The predicted octanol–water partition coefficient (Wildman–Crippen LogP) is 3.26. The Morgan fingerprint density at radius 1 is 1.17 bits per heavy atom. The molecule has 0 bridgehead atoms. The maximum absolute atomic E-state index is 12.7. The molecule has 12 heavy (non-hydrogen) atoms. The third-order valence-corrected chi connectivity index (χ3v) is 2.36. The molecule has 0 amide bonds. The first-order chi connectivity index (χ1) is 5.66. The van der Waals surface area contributed by atoms with E-state index < -0.39 is 11.6 Å². The molecular formula is C9H5BrF2. The molecule has 1 aromatic carbocycles. The molecule has 0 aromatic heterocycles. The number of rotatable bonds is 0. The van der Waals surface area contributed by atoms with Crippen LogP contribution in [0.4, 0.5) is 8.78 Å². The number of benzene rings is 1. The fourth-order valence-corrected chi connectivity index (χ4v) is 1.84. The highest BCUT2D eigenvalue weighted by atomic mass is 79.9. The molecule has 0 atom stereocenters. The van der Waals surface area contributed by atoms with Crippen LogP contribution < -0.4 is 0 Å². The van der Waals surface area contributed by atoms with E-state index in [2.05, 4.69) is 15.9 Å². The van der Waals surface area contributed by atoms with Crippen molar-refractivity contribution < 1.29 is 8.78 Å². The maximum Gasteiger partial charge on any atom is 0.159 e. The quantitative estimate of drug-likeness (QED) is 0.642. The highest BCUT2D eigenvalue weighted by Crippen LogP contribution is 2.29. The van der Waals surface area contributed by atoms with E-state index in [1.54, 1.807) is 6.08 Å².